The quantitative estimate of drug-likeness (QED) is 0.616. The number of amides is 1. The Morgan fingerprint density at radius 2 is 1.68 bits per heavy atom. The summed E-state index contributed by atoms with van der Waals surface area (Å²) in [5, 5.41) is 0. The first kappa shape index (κ1) is 16.9. The van der Waals surface area contributed by atoms with E-state index in [1.54, 1.807) is 0 Å². The molecule has 1 aliphatic heterocycles. The van der Waals surface area contributed by atoms with Crippen LogP contribution < -0.4 is 10.6 Å². The molecule has 0 atom stereocenters. The normalized spacial score (nSPS) is 35.4. The number of anilines is 1. The van der Waals surface area contributed by atoms with Crippen LogP contribution in [0.3, 0.4) is 0 Å². The number of nitrogens with zero attached hydrogens (tertiary/aromatic N) is 2. The molecule has 6 rings (SSSR count). The fourth-order valence-corrected chi connectivity index (χ4v) is 6.23. The average molecular weight is 360 g/mol. The van der Waals surface area contributed by atoms with E-state index in [2.05, 4.69) is 23.2 Å². The van der Waals surface area contributed by atoms with E-state index < -0.39 is 0 Å². The molecule has 4 fully saturated rings. The highest BCUT2D eigenvalue weighted by molar-refractivity contribution is 6.04. The molecule has 2 N–H and O–H groups in total. The van der Waals surface area contributed by atoms with Crippen molar-refractivity contribution in [1.29, 1.82) is 0 Å². The van der Waals surface area contributed by atoms with Crippen molar-refractivity contribution in [3.05, 3.63) is 29.8 Å². The average Bonchev–Trinajstić information content (AvgIpc) is 2.97. The Kier molecular flexibility index (Phi) is 4.06. The van der Waals surface area contributed by atoms with E-state index in [1.165, 1.54) is 24.8 Å². The molecule has 0 spiro atoms. The second-order valence-corrected chi connectivity index (χ2v) is 8.50. The number of nitrogens with two attached hydrogens (primary N) is 1. The van der Waals surface area contributed by atoms with E-state index in [-0.39, 0.29) is 23.7 Å². The molecule has 0 aromatic heterocycles. The van der Waals surface area contributed by atoms with Crippen molar-refractivity contribution in [3.63, 3.8) is 0 Å². The summed E-state index contributed by atoms with van der Waals surface area (Å²) >= 11 is 0. The summed E-state index contributed by atoms with van der Waals surface area (Å²) in [5.74, 6) is 2.71. The zero-order valence-corrected chi connectivity index (χ0v) is 15.3. The van der Waals surface area contributed by atoms with Gasteiger partial charge in [-0.2, -0.15) is 4.99 Å². The minimum absolute atomic E-state index is 0. The number of rotatable bonds is 1. The zero-order chi connectivity index (χ0) is 16.3. The van der Waals surface area contributed by atoms with Crippen LogP contribution in [0.4, 0.5) is 5.69 Å². The fourth-order valence-electron chi connectivity index (χ4n) is 6.23. The molecule has 0 radical (unpaired) electrons. The van der Waals surface area contributed by atoms with Gasteiger partial charge in [0.2, 0.25) is 5.96 Å². The number of carbonyl (C=O) groups is 1. The Labute approximate surface area is 155 Å². The number of aliphatic imine (C=N–C) groups is 1. The number of guanidine groups is 1. The molecule has 5 heteroatoms. The summed E-state index contributed by atoms with van der Waals surface area (Å²) in [4.78, 5) is 19.5. The third kappa shape index (κ3) is 2.66. The lowest BCUT2D eigenvalue weighted by Crippen LogP contribution is -2.50. The van der Waals surface area contributed by atoms with Crippen LogP contribution in [0.1, 0.15) is 44.1 Å². The van der Waals surface area contributed by atoms with Crippen LogP contribution in [0.25, 0.3) is 0 Å². The summed E-state index contributed by atoms with van der Waals surface area (Å²) in [5.41, 5.74) is 8.47. The van der Waals surface area contributed by atoms with Gasteiger partial charge in [-0.3, -0.25) is 4.79 Å². The van der Waals surface area contributed by atoms with Crippen molar-refractivity contribution in [1.82, 2.24) is 0 Å². The van der Waals surface area contributed by atoms with Crippen molar-refractivity contribution < 1.29 is 4.79 Å². The van der Waals surface area contributed by atoms with Crippen LogP contribution in [0, 0.1) is 23.2 Å². The Hall–Kier alpha value is -1.55. The fraction of sp³-hybridized carbons (Fsp3) is 0.600. The lowest BCUT2D eigenvalue weighted by Gasteiger charge is -2.55. The molecule has 1 amide bonds. The molecule has 0 saturated heterocycles. The molecule has 134 valence electrons. The Bertz CT molecular complexity index is 694. The van der Waals surface area contributed by atoms with Gasteiger partial charge in [-0.25, -0.2) is 0 Å². The SMILES string of the molecule is Cl.NC(=NC(=O)C12CC3CC(CC(C3)C1)C2)N1CCc2ccccc21. The molecule has 5 aliphatic rings. The summed E-state index contributed by atoms with van der Waals surface area (Å²) in [6.07, 6.45) is 8.13. The number of hydrogen-bond acceptors (Lipinski definition) is 1. The molecule has 1 aromatic carbocycles. The van der Waals surface area contributed by atoms with Crippen molar-refractivity contribution >= 4 is 30.0 Å². The predicted octanol–water partition coefficient (Wildman–Crippen LogP) is 3.53. The highest BCUT2D eigenvalue weighted by Gasteiger charge is 2.54. The summed E-state index contributed by atoms with van der Waals surface area (Å²) < 4.78 is 0. The first-order valence-corrected chi connectivity index (χ1v) is 9.37. The van der Waals surface area contributed by atoms with Crippen LogP contribution in [-0.2, 0) is 11.2 Å². The summed E-state index contributed by atoms with van der Waals surface area (Å²) in [6.45, 7) is 0.822. The van der Waals surface area contributed by atoms with E-state index in [1.807, 2.05) is 11.0 Å². The van der Waals surface area contributed by atoms with Gasteiger partial charge in [0.1, 0.15) is 0 Å². The second-order valence-electron chi connectivity index (χ2n) is 8.50. The molecule has 0 unspecified atom stereocenters. The molecule has 4 aliphatic carbocycles. The third-order valence-electron chi connectivity index (χ3n) is 6.87. The maximum atomic E-state index is 13.1. The molecule has 4 bridgehead atoms. The van der Waals surface area contributed by atoms with Gasteiger partial charge in [-0.05, 0) is 74.3 Å². The highest BCUT2D eigenvalue weighted by Crippen LogP contribution is 2.60. The Morgan fingerprint density at radius 3 is 2.32 bits per heavy atom. The van der Waals surface area contributed by atoms with Gasteiger partial charge in [-0.1, -0.05) is 18.2 Å². The number of halogens is 1. The van der Waals surface area contributed by atoms with Crippen LogP contribution in [0.5, 0.6) is 0 Å². The number of benzene rings is 1. The Morgan fingerprint density at radius 1 is 1.08 bits per heavy atom. The van der Waals surface area contributed by atoms with E-state index in [0.29, 0.717) is 5.96 Å². The van der Waals surface area contributed by atoms with Gasteiger partial charge in [0.25, 0.3) is 5.91 Å². The van der Waals surface area contributed by atoms with Gasteiger partial charge in [0.15, 0.2) is 0 Å². The van der Waals surface area contributed by atoms with Crippen molar-refractivity contribution in [2.24, 2.45) is 33.9 Å². The van der Waals surface area contributed by atoms with Gasteiger partial charge >= 0.3 is 0 Å². The maximum absolute atomic E-state index is 13.1. The molecule has 4 saturated carbocycles. The Balaban J connectivity index is 0.00000157. The minimum atomic E-state index is -0.196. The third-order valence-corrected chi connectivity index (χ3v) is 6.87. The monoisotopic (exact) mass is 359 g/mol. The maximum Gasteiger partial charge on any atom is 0.255 e. The number of fused-ring (bicyclic) bond motifs is 1. The van der Waals surface area contributed by atoms with Gasteiger partial charge in [0, 0.05) is 12.2 Å². The first-order chi connectivity index (χ1) is 11.6. The van der Waals surface area contributed by atoms with Gasteiger partial charge in [0.05, 0.1) is 5.41 Å². The second kappa shape index (κ2) is 6.01. The predicted molar refractivity (Wildman–Crippen MR) is 102 cm³/mol. The molecule has 25 heavy (non-hydrogen) atoms. The zero-order valence-electron chi connectivity index (χ0n) is 14.5. The highest BCUT2D eigenvalue weighted by atomic mass is 35.5. The largest absolute Gasteiger partial charge is 0.369 e. The van der Waals surface area contributed by atoms with E-state index in [4.69, 9.17) is 5.73 Å². The van der Waals surface area contributed by atoms with Gasteiger partial charge in [-0.15, -0.1) is 12.4 Å². The lowest BCUT2D eigenvalue weighted by atomic mass is 9.49. The summed E-state index contributed by atoms with van der Waals surface area (Å²) in [7, 11) is 0. The lowest BCUT2D eigenvalue weighted by molar-refractivity contribution is -0.142. The van der Waals surface area contributed by atoms with Gasteiger partial charge < -0.3 is 10.6 Å². The van der Waals surface area contributed by atoms with Crippen LogP contribution in [0.15, 0.2) is 29.3 Å². The van der Waals surface area contributed by atoms with Crippen LogP contribution in [0.2, 0.25) is 0 Å². The molecule has 1 aromatic rings. The first-order valence-electron chi connectivity index (χ1n) is 9.37. The van der Waals surface area contributed by atoms with Crippen molar-refractivity contribution in [2.45, 2.75) is 44.9 Å². The van der Waals surface area contributed by atoms with Crippen LogP contribution >= 0.6 is 12.4 Å². The minimum Gasteiger partial charge on any atom is -0.369 e. The molecular weight excluding hydrogens is 334 g/mol. The smallest absolute Gasteiger partial charge is 0.255 e. The van der Waals surface area contributed by atoms with Crippen molar-refractivity contribution in [2.75, 3.05) is 11.4 Å². The molecular formula is C20H26ClN3O. The number of para-hydroxylation sites is 1. The van der Waals surface area contributed by atoms with Crippen LogP contribution in [-0.4, -0.2) is 18.4 Å². The molecule has 4 nitrogen and oxygen atoms in total. The van der Waals surface area contributed by atoms with E-state index >= 15 is 0 Å². The van der Waals surface area contributed by atoms with Crippen molar-refractivity contribution in [3.8, 4) is 0 Å². The number of carbonyl (C=O) groups excluding carboxylic acids is 1. The standard InChI is InChI=1S/C20H25N3O.ClH/c21-19(23-6-5-16-3-1-2-4-17(16)23)22-18(24)20-10-13-7-14(11-20)9-15(8-13)12-20;/h1-4,13-15H,5-12H2,(H2,21,22,24);1H. The van der Waals surface area contributed by atoms with E-state index in [0.717, 1.165) is 55.7 Å². The summed E-state index contributed by atoms with van der Waals surface area (Å²) in [6, 6.07) is 8.27. The number of hydrogen-bond donors (Lipinski definition) is 1. The van der Waals surface area contributed by atoms with E-state index in [9.17, 15) is 4.79 Å². The topological polar surface area (TPSA) is 58.7 Å². The molecule has 1 heterocycles.